The summed E-state index contributed by atoms with van der Waals surface area (Å²) >= 11 is 0. The van der Waals surface area contributed by atoms with Gasteiger partial charge in [-0.3, -0.25) is 4.79 Å². The molecular formula is C16H23N3O3. The summed E-state index contributed by atoms with van der Waals surface area (Å²) in [5, 5.41) is 9.43. The minimum atomic E-state index is -0.989. The molecule has 1 aliphatic rings. The molecule has 6 nitrogen and oxygen atoms in total. The van der Waals surface area contributed by atoms with Crippen molar-refractivity contribution in [3.63, 3.8) is 0 Å². The number of amides is 1. The fourth-order valence-corrected chi connectivity index (χ4v) is 2.82. The fourth-order valence-electron chi connectivity index (χ4n) is 2.82. The van der Waals surface area contributed by atoms with Gasteiger partial charge in [0.1, 0.15) is 6.04 Å². The van der Waals surface area contributed by atoms with Gasteiger partial charge >= 0.3 is 5.97 Å². The molecule has 0 spiro atoms. The normalized spacial score (nSPS) is 18.6. The van der Waals surface area contributed by atoms with Crippen molar-refractivity contribution in [1.82, 2.24) is 4.90 Å². The van der Waals surface area contributed by atoms with Gasteiger partial charge < -0.3 is 21.5 Å². The molecule has 1 aromatic carbocycles. The maximum Gasteiger partial charge on any atom is 0.326 e. The number of fused-ring (bicyclic) bond motifs is 1. The van der Waals surface area contributed by atoms with Gasteiger partial charge in [0, 0.05) is 13.0 Å². The molecule has 1 aliphatic heterocycles. The minimum Gasteiger partial charge on any atom is -0.480 e. The summed E-state index contributed by atoms with van der Waals surface area (Å²) in [6.45, 7) is 0.867. The molecule has 1 heterocycles. The van der Waals surface area contributed by atoms with Crippen molar-refractivity contribution in [2.24, 2.45) is 11.5 Å². The monoisotopic (exact) mass is 305 g/mol. The second kappa shape index (κ2) is 7.38. The van der Waals surface area contributed by atoms with Crippen molar-refractivity contribution < 1.29 is 14.7 Å². The van der Waals surface area contributed by atoms with Crippen LogP contribution in [-0.2, 0) is 22.6 Å². The van der Waals surface area contributed by atoms with Gasteiger partial charge in [-0.1, -0.05) is 30.7 Å². The Morgan fingerprint density at radius 1 is 1.27 bits per heavy atom. The molecule has 0 bridgehead atoms. The van der Waals surface area contributed by atoms with Gasteiger partial charge in [0.25, 0.3) is 0 Å². The lowest BCUT2D eigenvalue weighted by Gasteiger charge is -2.36. The first-order valence-corrected chi connectivity index (χ1v) is 7.60. The van der Waals surface area contributed by atoms with Crippen LogP contribution >= 0.6 is 0 Å². The smallest absolute Gasteiger partial charge is 0.326 e. The Morgan fingerprint density at radius 2 is 1.95 bits per heavy atom. The van der Waals surface area contributed by atoms with Gasteiger partial charge in [0.2, 0.25) is 5.91 Å². The molecule has 0 fully saturated rings. The van der Waals surface area contributed by atoms with Crippen LogP contribution in [0.5, 0.6) is 0 Å². The number of nitrogens with zero attached hydrogens (tertiary/aromatic N) is 1. The molecule has 6 heteroatoms. The Morgan fingerprint density at radius 3 is 2.59 bits per heavy atom. The zero-order valence-corrected chi connectivity index (χ0v) is 12.6. The number of nitrogens with two attached hydrogens (primary N) is 2. The fraction of sp³-hybridized carbons (Fsp3) is 0.500. The quantitative estimate of drug-likeness (QED) is 0.662. The number of carbonyl (C=O) groups is 2. The third-order valence-corrected chi connectivity index (χ3v) is 4.10. The van der Waals surface area contributed by atoms with E-state index in [1.807, 2.05) is 24.3 Å². The van der Waals surface area contributed by atoms with Crippen LogP contribution < -0.4 is 11.5 Å². The molecule has 2 rings (SSSR count). The highest BCUT2D eigenvalue weighted by molar-refractivity contribution is 5.87. The number of rotatable bonds is 6. The van der Waals surface area contributed by atoms with E-state index in [9.17, 15) is 14.7 Å². The first-order chi connectivity index (χ1) is 10.5. The van der Waals surface area contributed by atoms with Crippen molar-refractivity contribution >= 4 is 11.9 Å². The van der Waals surface area contributed by atoms with Crippen molar-refractivity contribution in [3.8, 4) is 0 Å². The number of benzene rings is 1. The largest absolute Gasteiger partial charge is 0.480 e. The lowest BCUT2D eigenvalue weighted by atomic mass is 9.93. The maximum atomic E-state index is 12.5. The molecule has 0 unspecified atom stereocenters. The van der Waals surface area contributed by atoms with Crippen molar-refractivity contribution in [2.75, 3.05) is 6.54 Å². The molecule has 2 atom stereocenters. The van der Waals surface area contributed by atoms with Crippen LogP contribution in [0.4, 0.5) is 0 Å². The van der Waals surface area contributed by atoms with E-state index < -0.39 is 18.1 Å². The molecule has 0 saturated carbocycles. The van der Waals surface area contributed by atoms with Crippen LogP contribution in [0.25, 0.3) is 0 Å². The van der Waals surface area contributed by atoms with Gasteiger partial charge in [0.05, 0.1) is 6.04 Å². The highest BCUT2D eigenvalue weighted by atomic mass is 16.4. The number of carboxylic acid groups (broad SMARTS) is 1. The Labute approximate surface area is 130 Å². The summed E-state index contributed by atoms with van der Waals surface area (Å²) in [7, 11) is 0. The highest BCUT2D eigenvalue weighted by Gasteiger charge is 2.36. The third-order valence-electron chi connectivity index (χ3n) is 4.10. The molecule has 1 aromatic rings. The van der Waals surface area contributed by atoms with Crippen LogP contribution in [0.15, 0.2) is 24.3 Å². The predicted molar refractivity (Wildman–Crippen MR) is 83.0 cm³/mol. The Balaban J connectivity index is 2.13. The van der Waals surface area contributed by atoms with Gasteiger partial charge in [-0.05, 0) is 30.5 Å². The van der Waals surface area contributed by atoms with Gasteiger partial charge in [-0.25, -0.2) is 4.79 Å². The zero-order chi connectivity index (χ0) is 16.1. The van der Waals surface area contributed by atoms with E-state index in [1.165, 1.54) is 4.90 Å². The molecule has 120 valence electrons. The number of hydrogen-bond acceptors (Lipinski definition) is 4. The van der Waals surface area contributed by atoms with Crippen LogP contribution in [-0.4, -0.2) is 40.5 Å². The number of carboxylic acids is 1. The first kappa shape index (κ1) is 16.5. The van der Waals surface area contributed by atoms with Gasteiger partial charge in [-0.2, -0.15) is 0 Å². The standard InChI is InChI=1S/C16H23N3O3/c17-8-4-3-7-13(18)15(20)19-10-12-6-2-1-5-11(12)9-14(19)16(21)22/h1-2,5-6,13-14H,3-4,7-10,17-18H2,(H,21,22)/t13-,14-/m0/s1. The van der Waals surface area contributed by atoms with Crippen molar-refractivity contribution in [1.29, 1.82) is 0 Å². The van der Waals surface area contributed by atoms with Gasteiger partial charge in [0.15, 0.2) is 0 Å². The van der Waals surface area contributed by atoms with Crippen LogP contribution in [0.1, 0.15) is 30.4 Å². The zero-order valence-electron chi connectivity index (χ0n) is 12.6. The van der Waals surface area contributed by atoms with Crippen molar-refractivity contribution in [3.05, 3.63) is 35.4 Å². The first-order valence-electron chi connectivity index (χ1n) is 7.60. The average molecular weight is 305 g/mol. The summed E-state index contributed by atoms with van der Waals surface area (Å²) < 4.78 is 0. The van der Waals surface area contributed by atoms with Crippen LogP contribution in [0.2, 0.25) is 0 Å². The summed E-state index contributed by atoms with van der Waals surface area (Å²) in [5.74, 6) is -1.28. The molecule has 0 aliphatic carbocycles. The second-order valence-electron chi connectivity index (χ2n) is 5.68. The molecule has 5 N–H and O–H groups in total. The van der Waals surface area contributed by atoms with Crippen LogP contribution in [0.3, 0.4) is 0 Å². The minimum absolute atomic E-state index is 0.293. The van der Waals surface area contributed by atoms with E-state index in [0.717, 1.165) is 24.0 Å². The van der Waals surface area contributed by atoms with E-state index in [2.05, 4.69) is 0 Å². The van der Waals surface area contributed by atoms with Crippen LogP contribution in [0, 0.1) is 0 Å². The summed E-state index contributed by atoms with van der Waals surface area (Å²) in [5.41, 5.74) is 13.4. The third kappa shape index (κ3) is 3.64. The lowest BCUT2D eigenvalue weighted by Crippen LogP contribution is -2.53. The molecule has 1 amide bonds. The van der Waals surface area contributed by atoms with Gasteiger partial charge in [-0.15, -0.1) is 0 Å². The molecular weight excluding hydrogens is 282 g/mol. The molecule has 22 heavy (non-hydrogen) atoms. The van der Waals surface area contributed by atoms with Crippen molar-refractivity contribution in [2.45, 2.75) is 44.3 Å². The number of aliphatic carboxylic acids is 1. The summed E-state index contributed by atoms with van der Waals surface area (Å²) in [6, 6.07) is 6.10. The summed E-state index contributed by atoms with van der Waals surface area (Å²) in [6.07, 6.45) is 2.44. The summed E-state index contributed by atoms with van der Waals surface area (Å²) in [4.78, 5) is 25.4. The second-order valence-corrected chi connectivity index (χ2v) is 5.68. The maximum absolute atomic E-state index is 12.5. The number of unbranched alkanes of at least 4 members (excludes halogenated alkanes) is 1. The Kier molecular flexibility index (Phi) is 5.51. The Bertz CT molecular complexity index is 547. The molecule has 0 radical (unpaired) electrons. The highest BCUT2D eigenvalue weighted by Crippen LogP contribution is 2.24. The lowest BCUT2D eigenvalue weighted by molar-refractivity contribution is -0.152. The molecule has 0 saturated heterocycles. The predicted octanol–water partition coefficient (Wildman–Crippen LogP) is 0.481. The SMILES string of the molecule is NCCCC[C@H](N)C(=O)N1Cc2ccccc2C[C@H]1C(=O)O. The van der Waals surface area contributed by atoms with E-state index in [0.29, 0.717) is 25.9 Å². The average Bonchev–Trinajstić information content (AvgIpc) is 2.52. The number of hydrogen-bond donors (Lipinski definition) is 3. The van der Waals surface area contributed by atoms with E-state index in [-0.39, 0.29) is 5.91 Å². The topological polar surface area (TPSA) is 110 Å². The molecule has 0 aromatic heterocycles. The van der Waals surface area contributed by atoms with E-state index in [4.69, 9.17) is 11.5 Å². The Hall–Kier alpha value is -1.92. The van der Waals surface area contributed by atoms with E-state index in [1.54, 1.807) is 0 Å². The number of carbonyl (C=O) groups excluding carboxylic acids is 1. The van der Waals surface area contributed by atoms with E-state index >= 15 is 0 Å².